The van der Waals surface area contributed by atoms with E-state index < -0.39 is 10.0 Å². The molecule has 0 radical (unpaired) electrons. The quantitative estimate of drug-likeness (QED) is 0.587. The number of carbonyl (C=O) groups is 1. The summed E-state index contributed by atoms with van der Waals surface area (Å²) in [7, 11) is -1.64. The lowest BCUT2D eigenvalue weighted by molar-refractivity contribution is -0.111. The molecule has 0 aliphatic carbocycles. The van der Waals surface area contributed by atoms with Crippen molar-refractivity contribution in [1.29, 1.82) is 0 Å². The number of anilines is 1. The number of amides is 1. The zero-order valence-electron chi connectivity index (χ0n) is 18.7. The van der Waals surface area contributed by atoms with Crippen LogP contribution in [0.3, 0.4) is 0 Å². The molecular weight excluding hydrogens is 450 g/mol. The highest BCUT2D eigenvalue weighted by Crippen LogP contribution is 2.23. The van der Waals surface area contributed by atoms with Gasteiger partial charge in [-0.2, -0.15) is 9.40 Å². The molecule has 8 nitrogen and oxygen atoms in total. The number of rotatable bonds is 8. The van der Waals surface area contributed by atoms with Gasteiger partial charge in [0.15, 0.2) is 0 Å². The molecule has 2 heterocycles. The van der Waals surface area contributed by atoms with Gasteiger partial charge in [0.05, 0.1) is 10.6 Å². The number of sulfonamides is 1. The first-order chi connectivity index (χ1) is 15.2. The van der Waals surface area contributed by atoms with Gasteiger partial charge in [-0.1, -0.05) is 31.0 Å². The van der Waals surface area contributed by atoms with Crippen LogP contribution < -0.4 is 5.32 Å². The molecule has 10 heteroatoms. The van der Waals surface area contributed by atoms with E-state index in [1.807, 2.05) is 14.0 Å². The predicted molar refractivity (Wildman–Crippen MR) is 127 cm³/mol. The van der Waals surface area contributed by atoms with Crippen LogP contribution in [-0.2, 0) is 21.4 Å². The first-order valence-corrected chi connectivity index (χ1v) is 12.5. The molecule has 1 aromatic carbocycles. The van der Waals surface area contributed by atoms with Crippen molar-refractivity contribution in [3.63, 3.8) is 0 Å². The van der Waals surface area contributed by atoms with Crippen molar-refractivity contribution in [3.8, 4) is 0 Å². The van der Waals surface area contributed by atoms with E-state index in [2.05, 4.69) is 22.2 Å². The van der Waals surface area contributed by atoms with Gasteiger partial charge in [0.1, 0.15) is 5.15 Å². The van der Waals surface area contributed by atoms with Crippen molar-refractivity contribution in [2.75, 3.05) is 38.5 Å². The Morgan fingerprint density at radius 3 is 2.66 bits per heavy atom. The van der Waals surface area contributed by atoms with Crippen molar-refractivity contribution in [3.05, 3.63) is 46.8 Å². The Morgan fingerprint density at radius 2 is 1.97 bits per heavy atom. The van der Waals surface area contributed by atoms with Crippen LogP contribution in [0.1, 0.15) is 31.0 Å². The molecule has 1 aliphatic heterocycles. The minimum atomic E-state index is -3.61. The SMILES string of the molecule is CCCCn1nc(C)c(C=CC(=O)Nc2cccc(S(=O)(=O)N3CCN(C)CC3)c2)c1Cl. The average Bonchev–Trinajstić information content (AvgIpc) is 3.03. The number of hydrogen-bond donors (Lipinski definition) is 1. The first-order valence-electron chi connectivity index (χ1n) is 10.7. The van der Waals surface area contributed by atoms with Crippen LogP contribution in [0.25, 0.3) is 6.08 Å². The minimum Gasteiger partial charge on any atom is -0.322 e. The van der Waals surface area contributed by atoms with Crippen LogP contribution in [0, 0.1) is 6.92 Å². The molecule has 0 unspecified atom stereocenters. The summed E-state index contributed by atoms with van der Waals surface area (Å²) < 4.78 is 29.1. The van der Waals surface area contributed by atoms with Crippen LogP contribution in [-0.4, -0.2) is 66.5 Å². The Hall–Kier alpha value is -2.20. The van der Waals surface area contributed by atoms with E-state index in [9.17, 15) is 13.2 Å². The van der Waals surface area contributed by atoms with E-state index in [0.717, 1.165) is 25.1 Å². The van der Waals surface area contributed by atoms with E-state index in [4.69, 9.17) is 11.6 Å². The van der Waals surface area contributed by atoms with E-state index in [1.54, 1.807) is 29.0 Å². The highest BCUT2D eigenvalue weighted by atomic mass is 35.5. The van der Waals surface area contributed by atoms with Crippen molar-refractivity contribution in [1.82, 2.24) is 19.0 Å². The van der Waals surface area contributed by atoms with Crippen molar-refractivity contribution in [2.24, 2.45) is 0 Å². The Kier molecular flexibility index (Phi) is 8.10. The van der Waals surface area contributed by atoms with Crippen molar-refractivity contribution < 1.29 is 13.2 Å². The van der Waals surface area contributed by atoms with Gasteiger partial charge in [-0.3, -0.25) is 9.48 Å². The number of nitrogens with one attached hydrogen (secondary N) is 1. The van der Waals surface area contributed by atoms with Crippen molar-refractivity contribution >= 4 is 39.3 Å². The molecule has 0 atom stereocenters. The Balaban J connectivity index is 1.69. The molecule has 3 rings (SSSR count). The topological polar surface area (TPSA) is 87.5 Å². The maximum atomic E-state index is 13.0. The number of aromatic nitrogens is 2. The number of halogens is 1. The summed E-state index contributed by atoms with van der Waals surface area (Å²) in [5.74, 6) is -0.379. The lowest BCUT2D eigenvalue weighted by atomic mass is 10.2. The highest BCUT2D eigenvalue weighted by Gasteiger charge is 2.27. The normalized spacial score (nSPS) is 16.0. The molecule has 2 aromatic rings. The molecule has 1 fully saturated rings. The lowest BCUT2D eigenvalue weighted by Crippen LogP contribution is -2.47. The summed E-state index contributed by atoms with van der Waals surface area (Å²) in [5, 5.41) is 7.65. The van der Waals surface area contributed by atoms with Gasteiger partial charge in [0, 0.05) is 50.1 Å². The number of hydrogen-bond acceptors (Lipinski definition) is 5. The third-order valence-electron chi connectivity index (χ3n) is 5.44. The standard InChI is InChI=1S/C22H30ClN5O3S/c1-4-5-11-28-22(23)20(17(2)25-28)9-10-21(29)24-18-7-6-8-19(16-18)32(30,31)27-14-12-26(3)13-15-27/h6-10,16H,4-5,11-15H2,1-3H3,(H,24,29). The predicted octanol–water partition coefficient (Wildman–Crippen LogP) is 3.23. The highest BCUT2D eigenvalue weighted by molar-refractivity contribution is 7.89. The Bertz CT molecular complexity index is 1090. The summed E-state index contributed by atoms with van der Waals surface area (Å²) in [6, 6.07) is 6.32. The van der Waals surface area contributed by atoms with Crippen LogP contribution in [0.2, 0.25) is 5.15 Å². The van der Waals surface area contributed by atoms with Crippen LogP contribution >= 0.6 is 11.6 Å². The van der Waals surface area contributed by atoms with Gasteiger partial charge in [0.2, 0.25) is 15.9 Å². The fourth-order valence-electron chi connectivity index (χ4n) is 3.47. The molecule has 32 heavy (non-hydrogen) atoms. The molecule has 1 N–H and O–H groups in total. The zero-order valence-corrected chi connectivity index (χ0v) is 20.3. The van der Waals surface area contributed by atoms with Crippen LogP contribution in [0.4, 0.5) is 5.69 Å². The van der Waals surface area contributed by atoms with E-state index in [1.165, 1.54) is 16.4 Å². The van der Waals surface area contributed by atoms with Crippen LogP contribution in [0.5, 0.6) is 0 Å². The van der Waals surface area contributed by atoms with E-state index >= 15 is 0 Å². The number of nitrogens with zero attached hydrogens (tertiary/aromatic N) is 4. The fraction of sp³-hybridized carbons (Fsp3) is 0.455. The molecule has 1 aromatic heterocycles. The third-order valence-corrected chi connectivity index (χ3v) is 7.73. The van der Waals surface area contributed by atoms with Gasteiger partial charge in [0.25, 0.3) is 0 Å². The van der Waals surface area contributed by atoms with Gasteiger partial charge in [-0.25, -0.2) is 8.42 Å². The summed E-state index contributed by atoms with van der Waals surface area (Å²) in [6.07, 6.45) is 5.01. The molecule has 174 valence electrons. The largest absolute Gasteiger partial charge is 0.322 e. The maximum absolute atomic E-state index is 13.0. The lowest BCUT2D eigenvalue weighted by Gasteiger charge is -2.31. The average molecular weight is 480 g/mol. The number of unbranched alkanes of at least 4 members (excludes halogenated alkanes) is 1. The summed E-state index contributed by atoms with van der Waals surface area (Å²) in [4.78, 5) is 14.7. The number of piperazine rings is 1. The number of aryl methyl sites for hydroxylation is 2. The summed E-state index contributed by atoms with van der Waals surface area (Å²) in [5.41, 5.74) is 1.86. The van der Waals surface area contributed by atoms with Gasteiger partial charge < -0.3 is 10.2 Å². The molecular formula is C22H30ClN5O3S. The molecule has 0 saturated carbocycles. The number of benzene rings is 1. The monoisotopic (exact) mass is 479 g/mol. The van der Waals surface area contributed by atoms with Gasteiger partial charge in [-0.15, -0.1) is 0 Å². The summed E-state index contributed by atoms with van der Waals surface area (Å²) in [6.45, 7) is 6.95. The molecule has 1 saturated heterocycles. The molecule has 0 bridgehead atoms. The van der Waals surface area contributed by atoms with Gasteiger partial charge >= 0.3 is 0 Å². The molecule has 1 amide bonds. The second-order valence-corrected chi connectivity index (χ2v) is 10.2. The first kappa shape index (κ1) is 24.4. The van der Waals surface area contributed by atoms with Crippen LogP contribution in [0.15, 0.2) is 35.2 Å². The summed E-state index contributed by atoms with van der Waals surface area (Å²) >= 11 is 6.41. The third kappa shape index (κ3) is 5.78. The smallest absolute Gasteiger partial charge is 0.248 e. The molecule has 0 spiro atoms. The Morgan fingerprint density at radius 1 is 1.25 bits per heavy atom. The zero-order chi connectivity index (χ0) is 23.3. The number of likely N-dealkylation sites (N-methyl/N-ethyl adjacent to an activating group) is 1. The van der Waals surface area contributed by atoms with Crippen molar-refractivity contribution in [2.45, 2.75) is 38.1 Å². The fourth-order valence-corrected chi connectivity index (χ4v) is 5.26. The molecule has 1 aliphatic rings. The van der Waals surface area contributed by atoms with E-state index in [0.29, 0.717) is 42.6 Å². The second-order valence-electron chi connectivity index (χ2n) is 7.92. The Labute approximate surface area is 194 Å². The van der Waals surface area contributed by atoms with E-state index in [-0.39, 0.29) is 10.8 Å². The van der Waals surface area contributed by atoms with Gasteiger partial charge in [-0.05, 0) is 44.7 Å². The number of carbonyl (C=O) groups excluding carboxylic acids is 1. The second kappa shape index (κ2) is 10.6. The minimum absolute atomic E-state index is 0.167. The maximum Gasteiger partial charge on any atom is 0.248 e.